The van der Waals surface area contributed by atoms with E-state index in [2.05, 4.69) is 19.2 Å². The fourth-order valence-corrected chi connectivity index (χ4v) is 4.88. The van der Waals surface area contributed by atoms with Gasteiger partial charge >= 0.3 is 0 Å². The molecule has 0 aliphatic carbocycles. The summed E-state index contributed by atoms with van der Waals surface area (Å²) >= 11 is 0. The van der Waals surface area contributed by atoms with Crippen LogP contribution in [0.2, 0.25) is 0 Å². The predicted octanol–water partition coefficient (Wildman–Crippen LogP) is 5.04. The molecule has 0 unspecified atom stereocenters. The number of carbonyl (C=O) groups excluding carboxylic acids is 1. The van der Waals surface area contributed by atoms with Gasteiger partial charge in [0.1, 0.15) is 5.75 Å². The minimum absolute atomic E-state index is 0.165. The van der Waals surface area contributed by atoms with Crippen molar-refractivity contribution in [1.82, 2.24) is 5.32 Å². The molecule has 1 N–H and O–H groups in total. The maximum absolute atomic E-state index is 13.4. The van der Waals surface area contributed by atoms with Gasteiger partial charge in [-0.25, -0.2) is 8.42 Å². The molecule has 3 aromatic carbocycles. The van der Waals surface area contributed by atoms with E-state index in [1.807, 2.05) is 24.3 Å². The van der Waals surface area contributed by atoms with Gasteiger partial charge in [-0.05, 0) is 54.3 Å². The SMILES string of the molecule is COc1ccc([C@H](CC(C)C)NC(=O)c2ccccc2N(C)S(=O)(=O)c2ccccc2)cc1. The first kappa shape index (κ1) is 24.3. The van der Waals surface area contributed by atoms with Crippen molar-refractivity contribution in [2.45, 2.75) is 31.2 Å². The van der Waals surface area contributed by atoms with Crippen LogP contribution < -0.4 is 14.4 Å². The number of nitrogens with zero attached hydrogens (tertiary/aromatic N) is 1. The van der Waals surface area contributed by atoms with Crippen LogP contribution in [0.3, 0.4) is 0 Å². The molecule has 0 saturated carbocycles. The minimum Gasteiger partial charge on any atom is -0.497 e. The summed E-state index contributed by atoms with van der Waals surface area (Å²) in [6.07, 6.45) is 0.735. The van der Waals surface area contributed by atoms with E-state index >= 15 is 0 Å². The van der Waals surface area contributed by atoms with Gasteiger partial charge in [-0.3, -0.25) is 9.10 Å². The van der Waals surface area contributed by atoms with E-state index in [-0.39, 0.29) is 16.8 Å². The highest BCUT2D eigenvalue weighted by Gasteiger charge is 2.26. The Balaban J connectivity index is 1.92. The predicted molar refractivity (Wildman–Crippen MR) is 131 cm³/mol. The summed E-state index contributed by atoms with van der Waals surface area (Å²) in [5.74, 6) is 0.752. The van der Waals surface area contributed by atoms with Crippen molar-refractivity contribution in [3.05, 3.63) is 90.0 Å². The molecular weight excluding hydrogens is 436 g/mol. The minimum atomic E-state index is -3.82. The van der Waals surface area contributed by atoms with Crippen LogP contribution in [0.15, 0.2) is 83.8 Å². The maximum Gasteiger partial charge on any atom is 0.264 e. The second kappa shape index (κ2) is 10.5. The highest BCUT2D eigenvalue weighted by Crippen LogP contribution is 2.28. The fourth-order valence-electron chi connectivity index (χ4n) is 3.64. The molecule has 3 aromatic rings. The number of hydrogen-bond acceptors (Lipinski definition) is 4. The van der Waals surface area contributed by atoms with Gasteiger partial charge in [0.25, 0.3) is 15.9 Å². The number of rotatable bonds is 9. The van der Waals surface area contributed by atoms with Crippen molar-refractivity contribution in [3.8, 4) is 5.75 Å². The van der Waals surface area contributed by atoms with Crippen LogP contribution in [0.4, 0.5) is 5.69 Å². The molecule has 3 rings (SSSR count). The van der Waals surface area contributed by atoms with Crippen molar-refractivity contribution < 1.29 is 17.9 Å². The lowest BCUT2D eigenvalue weighted by Crippen LogP contribution is -2.33. The number of hydrogen-bond donors (Lipinski definition) is 1. The lowest BCUT2D eigenvalue weighted by Gasteiger charge is -2.25. The van der Waals surface area contributed by atoms with E-state index < -0.39 is 10.0 Å². The summed E-state index contributed by atoms with van der Waals surface area (Å²) in [7, 11) is -0.744. The third kappa shape index (κ3) is 5.73. The zero-order valence-corrected chi connectivity index (χ0v) is 20.2. The van der Waals surface area contributed by atoms with Crippen LogP contribution in [0.25, 0.3) is 0 Å². The highest BCUT2D eigenvalue weighted by atomic mass is 32.2. The van der Waals surface area contributed by atoms with Gasteiger partial charge in [-0.15, -0.1) is 0 Å². The molecule has 0 aromatic heterocycles. The smallest absolute Gasteiger partial charge is 0.264 e. The summed E-state index contributed by atoms with van der Waals surface area (Å²) < 4.78 is 32.7. The van der Waals surface area contributed by atoms with Crippen molar-refractivity contribution in [1.29, 1.82) is 0 Å². The van der Waals surface area contributed by atoms with Crippen LogP contribution in [0.5, 0.6) is 5.75 Å². The van der Waals surface area contributed by atoms with Gasteiger partial charge in [0, 0.05) is 7.05 Å². The average molecular weight is 467 g/mol. The Labute approximate surface area is 196 Å². The molecule has 174 valence electrons. The highest BCUT2D eigenvalue weighted by molar-refractivity contribution is 7.92. The van der Waals surface area contributed by atoms with E-state index in [0.29, 0.717) is 17.2 Å². The first-order chi connectivity index (χ1) is 15.7. The van der Waals surface area contributed by atoms with Crippen LogP contribution in [-0.4, -0.2) is 28.5 Å². The molecular formula is C26H30N2O4S. The largest absolute Gasteiger partial charge is 0.497 e. The Bertz CT molecular complexity index is 1180. The number of anilines is 1. The molecule has 1 amide bonds. The summed E-state index contributed by atoms with van der Waals surface area (Å²) in [6.45, 7) is 4.19. The molecule has 0 radical (unpaired) electrons. The lowest BCUT2D eigenvalue weighted by atomic mass is 9.96. The third-order valence-corrected chi connectivity index (χ3v) is 7.21. The normalized spacial score (nSPS) is 12.3. The topological polar surface area (TPSA) is 75.7 Å². The van der Waals surface area contributed by atoms with Gasteiger partial charge in [0.15, 0.2) is 0 Å². The Morgan fingerprint density at radius 1 is 0.939 bits per heavy atom. The Morgan fingerprint density at radius 3 is 2.15 bits per heavy atom. The second-order valence-corrected chi connectivity index (χ2v) is 10.2. The number of ether oxygens (including phenoxy) is 1. The Kier molecular flexibility index (Phi) is 7.76. The Hall–Kier alpha value is -3.32. The van der Waals surface area contributed by atoms with Crippen LogP contribution >= 0.6 is 0 Å². The number of sulfonamides is 1. The van der Waals surface area contributed by atoms with Crippen LogP contribution in [0.1, 0.15) is 42.2 Å². The summed E-state index contributed by atoms with van der Waals surface area (Å²) in [4.78, 5) is 13.5. The van der Waals surface area contributed by atoms with Gasteiger partial charge in [-0.2, -0.15) is 0 Å². The molecule has 0 heterocycles. The molecule has 0 saturated heterocycles. The van der Waals surface area contributed by atoms with E-state index in [4.69, 9.17) is 4.74 Å². The zero-order chi connectivity index (χ0) is 24.0. The van der Waals surface area contributed by atoms with Gasteiger partial charge in [-0.1, -0.05) is 56.3 Å². The summed E-state index contributed by atoms with van der Waals surface area (Å²) in [6, 6.07) is 22.3. The van der Waals surface area contributed by atoms with Gasteiger partial charge in [0.05, 0.1) is 29.3 Å². The van der Waals surface area contributed by atoms with Crippen molar-refractivity contribution >= 4 is 21.6 Å². The van der Waals surface area contributed by atoms with Gasteiger partial charge < -0.3 is 10.1 Å². The van der Waals surface area contributed by atoms with Crippen molar-refractivity contribution in [2.24, 2.45) is 5.92 Å². The number of nitrogens with one attached hydrogen (secondary N) is 1. The number of amides is 1. The van der Waals surface area contributed by atoms with Crippen molar-refractivity contribution in [2.75, 3.05) is 18.5 Å². The first-order valence-corrected chi connectivity index (χ1v) is 12.3. The van der Waals surface area contributed by atoms with E-state index in [1.165, 1.54) is 19.2 Å². The lowest BCUT2D eigenvalue weighted by molar-refractivity contribution is 0.0932. The van der Waals surface area contributed by atoms with E-state index in [1.54, 1.807) is 49.6 Å². The molecule has 0 spiro atoms. The number of benzene rings is 3. The average Bonchev–Trinajstić information content (AvgIpc) is 2.83. The third-order valence-electron chi connectivity index (χ3n) is 5.42. The quantitative estimate of drug-likeness (QED) is 0.479. The molecule has 0 fully saturated rings. The Morgan fingerprint density at radius 2 is 1.55 bits per heavy atom. The van der Waals surface area contributed by atoms with E-state index in [9.17, 15) is 13.2 Å². The van der Waals surface area contributed by atoms with Crippen LogP contribution in [-0.2, 0) is 10.0 Å². The van der Waals surface area contributed by atoms with E-state index in [0.717, 1.165) is 22.0 Å². The second-order valence-electron chi connectivity index (χ2n) is 8.23. The van der Waals surface area contributed by atoms with Crippen molar-refractivity contribution in [3.63, 3.8) is 0 Å². The number of methoxy groups -OCH3 is 1. The molecule has 0 aliphatic rings. The number of para-hydroxylation sites is 1. The monoisotopic (exact) mass is 466 g/mol. The van der Waals surface area contributed by atoms with Crippen LogP contribution in [0, 0.1) is 5.92 Å². The molecule has 0 bridgehead atoms. The first-order valence-electron chi connectivity index (χ1n) is 10.8. The molecule has 6 nitrogen and oxygen atoms in total. The number of carbonyl (C=O) groups is 1. The molecule has 33 heavy (non-hydrogen) atoms. The zero-order valence-electron chi connectivity index (χ0n) is 19.4. The fraction of sp³-hybridized carbons (Fsp3) is 0.269. The standard InChI is InChI=1S/C26H30N2O4S/c1-19(2)18-24(20-14-16-21(32-4)17-15-20)27-26(29)23-12-8-9-13-25(23)28(3)33(30,31)22-10-6-5-7-11-22/h5-17,19,24H,18H2,1-4H3,(H,27,29)/t24-/m0/s1. The summed E-state index contributed by atoms with van der Waals surface area (Å²) in [5.41, 5.74) is 1.57. The molecule has 7 heteroatoms. The molecule has 0 aliphatic heterocycles. The van der Waals surface area contributed by atoms with Gasteiger partial charge in [0.2, 0.25) is 0 Å². The molecule has 1 atom stereocenters. The summed E-state index contributed by atoms with van der Waals surface area (Å²) in [5, 5.41) is 3.10. The maximum atomic E-state index is 13.4.